The molecule has 2 rings (SSSR count). The number of nitrogens with zero attached hydrogens (tertiary/aromatic N) is 3. The fraction of sp³-hybridized carbons (Fsp3) is 0.647. The van der Waals surface area contributed by atoms with Crippen LogP contribution in [0.1, 0.15) is 51.0 Å². The zero-order valence-corrected chi connectivity index (χ0v) is 16.3. The van der Waals surface area contributed by atoms with Crippen molar-refractivity contribution in [2.45, 2.75) is 56.5 Å². The van der Waals surface area contributed by atoms with Gasteiger partial charge in [0.15, 0.2) is 10.9 Å². The fourth-order valence-corrected chi connectivity index (χ4v) is 3.41. The summed E-state index contributed by atoms with van der Waals surface area (Å²) in [6.07, 6.45) is 1.69. The van der Waals surface area contributed by atoms with Gasteiger partial charge in [0.25, 0.3) is 0 Å². The smallest absolute Gasteiger partial charge is 0.356 e. The zero-order chi connectivity index (χ0) is 18.6. The molecular formula is C17H26N4O3S. The molecule has 1 amide bonds. The molecule has 1 fully saturated rings. The van der Waals surface area contributed by atoms with Crippen molar-refractivity contribution in [3.8, 4) is 0 Å². The lowest BCUT2D eigenvalue weighted by Gasteiger charge is -2.32. The van der Waals surface area contributed by atoms with E-state index >= 15 is 0 Å². The van der Waals surface area contributed by atoms with E-state index in [4.69, 9.17) is 4.74 Å². The standard InChI is InChI=1S/C17H26N4O3S/c1-11(22)21-8-6-12(7-9-21)18-14-10-13(15(23)24-5)19-16(20-14)25-17(2,3)4/h10,12H,6-9H2,1-5H3,(H,18,19,20). The molecule has 0 atom stereocenters. The number of anilines is 1. The first-order chi connectivity index (χ1) is 11.7. The lowest BCUT2D eigenvalue weighted by Crippen LogP contribution is -2.41. The van der Waals surface area contributed by atoms with Gasteiger partial charge in [-0.3, -0.25) is 4.79 Å². The highest BCUT2D eigenvalue weighted by Gasteiger charge is 2.23. The molecule has 1 aliphatic rings. The first kappa shape index (κ1) is 19.5. The Balaban J connectivity index is 2.14. The highest BCUT2D eigenvalue weighted by atomic mass is 32.2. The van der Waals surface area contributed by atoms with Gasteiger partial charge in [-0.2, -0.15) is 0 Å². The molecule has 138 valence electrons. The largest absolute Gasteiger partial charge is 0.464 e. The van der Waals surface area contributed by atoms with E-state index in [2.05, 4.69) is 36.1 Å². The molecule has 0 unspecified atom stereocenters. The van der Waals surface area contributed by atoms with Crippen LogP contribution in [0, 0.1) is 0 Å². The maximum absolute atomic E-state index is 11.9. The second-order valence-electron chi connectivity index (χ2n) is 7.05. The van der Waals surface area contributed by atoms with Gasteiger partial charge in [0.1, 0.15) is 5.82 Å². The molecule has 7 nitrogen and oxygen atoms in total. The summed E-state index contributed by atoms with van der Waals surface area (Å²) in [5.41, 5.74) is 0.243. The van der Waals surface area contributed by atoms with E-state index in [1.165, 1.54) is 18.9 Å². The summed E-state index contributed by atoms with van der Waals surface area (Å²) in [7, 11) is 1.34. The Morgan fingerprint density at radius 3 is 2.44 bits per heavy atom. The molecule has 0 aromatic carbocycles. The normalized spacial score (nSPS) is 15.8. The number of hydrogen-bond donors (Lipinski definition) is 1. The van der Waals surface area contributed by atoms with Gasteiger partial charge in [-0.05, 0) is 12.8 Å². The van der Waals surface area contributed by atoms with Crippen LogP contribution in [0.15, 0.2) is 11.2 Å². The number of hydrogen-bond acceptors (Lipinski definition) is 7. The van der Waals surface area contributed by atoms with Crippen molar-refractivity contribution >= 4 is 29.5 Å². The van der Waals surface area contributed by atoms with Gasteiger partial charge in [0, 0.05) is 36.9 Å². The molecule has 1 N–H and O–H groups in total. The van der Waals surface area contributed by atoms with Gasteiger partial charge in [-0.15, -0.1) is 0 Å². The van der Waals surface area contributed by atoms with Crippen molar-refractivity contribution in [1.82, 2.24) is 14.9 Å². The van der Waals surface area contributed by atoms with Crippen molar-refractivity contribution < 1.29 is 14.3 Å². The van der Waals surface area contributed by atoms with Gasteiger partial charge in [-0.1, -0.05) is 32.5 Å². The molecule has 0 bridgehead atoms. The number of esters is 1. The number of ether oxygens (including phenoxy) is 1. The highest BCUT2D eigenvalue weighted by molar-refractivity contribution is 8.00. The third kappa shape index (κ3) is 5.88. The Bertz CT molecular complexity index is 637. The molecule has 1 aliphatic heterocycles. The quantitative estimate of drug-likeness (QED) is 0.498. The number of rotatable bonds is 4. The molecule has 25 heavy (non-hydrogen) atoms. The van der Waals surface area contributed by atoms with Gasteiger partial charge < -0.3 is 15.0 Å². The van der Waals surface area contributed by atoms with E-state index in [-0.39, 0.29) is 22.4 Å². The molecule has 0 spiro atoms. The van der Waals surface area contributed by atoms with Crippen LogP contribution < -0.4 is 5.32 Å². The Kier molecular flexibility index (Phi) is 6.26. The second-order valence-corrected chi connectivity index (χ2v) is 8.85. The zero-order valence-electron chi connectivity index (χ0n) is 15.5. The van der Waals surface area contributed by atoms with Gasteiger partial charge in [0.05, 0.1) is 7.11 Å². The molecule has 1 aromatic heterocycles. The lowest BCUT2D eigenvalue weighted by atomic mass is 10.1. The lowest BCUT2D eigenvalue weighted by molar-refractivity contribution is -0.129. The van der Waals surface area contributed by atoms with E-state index in [0.717, 1.165) is 25.9 Å². The predicted octanol–water partition coefficient (Wildman–Crippen LogP) is 2.58. The highest BCUT2D eigenvalue weighted by Crippen LogP contribution is 2.30. The fourth-order valence-electron chi connectivity index (χ4n) is 2.58. The number of methoxy groups -OCH3 is 1. The Labute approximate surface area is 152 Å². The second kappa shape index (κ2) is 8.03. The van der Waals surface area contributed by atoms with Crippen LogP contribution in [0.2, 0.25) is 0 Å². The topological polar surface area (TPSA) is 84.4 Å². The van der Waals surface area contributed by atoms with E-state index < -0.39 is 5.97 Å². The molecule has 0 saturated carbocycles. The summed E-state index contributed by atoms with van der Waals surface area (Å²) in [4.78, 5) is 34.0. The van der Waals surface area contributed by atoms with Crippen LogP contribution in [-0.4, -0.2) is 57.7 Å². The summed E-state index contributed by atoms with van der Waals surface area (Å²) < 4.78 is 4.73. The number of nitrogens with one attached hydrogen (secondary N) is 1. The van der Waals surface area contributed by atoms with E-state index in [1.54, 1.807) is 13.0 Å². The molecular weight excluding hydrogens is 340 g/mol. The Hall–Kier alpha value is -1.83. The minimum absolute atomic E-state index is 0.0706. The van der Waals surface area contributed by atoms with Crippen molar-refractivity contribution in [2.75, 3.05) is 25.5 Å². The molecule has 2 heterocycles. The van der Waals surface area contributed by atoms with Crippen LogP contribution in [0.25, 0.3) is 0 Å². The van der Waals surface area contributed by atoms with Gasteiger partial charge in [-0.25, -0.2) is 14.8 Å². The van der Waals surface area contributed by atoms with Crippen LogP contribution in [0.3, 0.4) is 0 Å². The third-order valence-corrected chi connectivity index (χ3v) is 4.77. The summed E-state index contributed by atoms with van der Waals surface area (Å²) >= 11 is 1.50. The maximum Gasteiger partial charge on any atom is 0.356 e. The van der Waals surface area contributed by atoms with E-state index in [1.807, 2.05) is 4.90 Å². The van der Waals surface area contributed by atoms with Crippen LogP contribution in [-0.2, 0) is 9.53 Å². The summed E-state index contributed by atoms with van der Waals surface area (Å²) in [6.45, 7) is 9.25. The summed E-state index contributed by atoms with van der Waals surface area (Å²) in [5.74, 6) is 0.244. The third-order valence-electron chi connectivity index (χ3n) is 3.79. The number of amides is 1. The van der Waals surface area contributed by atoms with Gasteiger partial charge in [0.2, 0.25) is 5.91 Å². The van der Waals surface area contributed by atoms with Crippen molar-refractivity contribution in [3.05, 3.63) is 11.8 Å². The van der Waals surface area contributed by atoms with Gasteiger partial charge >= 0.3 is 5.97 Å². The van der Waals surface area contributed by atoms with Crippen molar-refractivity contribution in [3.63, 3.8) is 0 Å². The first-order valence-electron chi connectivity index (χ1n) is 8.36. The molecule has 1 saturated heterocycles. The Morgan fingerprint density at radius 2 is 1.92 bits per heavy atom. The average molecular weight is 366 g/mol. The number of carbonyl (C=O) groups excluding carboxylic acids is 2. The molecule has 0 aliphatic carbocycles. The molecule has 8 heteroatoms. The first-order valence-corrected chi connectivity index (χ1v) is 9.18. The number of piperidine rings is 1. The predicted molar refractivity (Wildman–Crippen MR) is 97.9 cm³/mol. The van der Waals surface area contributed by atoms with Crippen molar-refractivity contribution in [2.24, 2.45) is 0 Å². The Morgan fingerprint density at radius 1 is 1.28 bits per heavy atom. The minimum atomic E-state index is -0.479. The van der Waals surface area contributed by atoms with E-state index in [9.17, 15) is 9.59 Å². The average Bonchev–Trinajstić information content (AvgIpc) is 2.52. The molecule has 0 radical (unpaired) electrons. The monoisotopic (exact) mass is 366 g/mol. The SMILES string of the molecule is COC(=O)c1cc(NC2CCN(C(C)=O)CC2)nc(SC(C)(C)C)n1. The minimum Gasteiger partial charge on any atom is -0.464 e. The van der Waals surface area contributed by atoms with Crippen LogP contribution in [0.4, 0.5) is 5.82 Å². The van der Waals surface area contributed by atoms with E-state index in [0.29, 0.717) is 11.0 Å². The molecule has 1 aromatic rings. The number of likely N-dealkylation sites (tertiary alicyclic amines) is 1. The summed E-state index contributed by atoms with van der Waals surface area (Å²) in [6, 6.07) is 1.83. The van der Waals surface area contributed by atoms with Crippen LogP contribution in [0.5, 0.6) is 0 Å². The van der Waals surface area contributed by atoms with Crippen LogP contribution >= 0.6 is 11.8 Å². The number of aromatic nitrogens is 2. The number of carbonyl (C=O) groups is 2. The maximum atomic E-state index is 11.9. The number of thioether (sulfide) groups is 1. The summed E-state index contributed by atoms with van der Waals surface area (Å²) in [5, 5.41) is 3.92. The van der Waals surface area contributed by atoms with Crippen molar-refractivity contribution in [1.29, 1.82) is 0 Å².